The van der Waals surface area contributed by atoms with Gasteiger partial charge in [-0.15, -0.1) is 0 Å². The molecule has 0 atom stereocenters. The minimum absolute atomic E-state index is 0.167. The van der Waals surface area contributed by atoms with Crippen molar-refractivity contribution in [3.8, 4) is 0 Å². The molecule has 162 valence electrons. The van der Waals surface area contributed by atoms with Crippen molar-refractivity contribution in [2.45, 2.75) is 12.8 Å². The Hall–Kier alpha value is -3.77. The molecule has 0 aliphatic heterocycles. The standard InChI is InChI=1S/C25H20ClNO5/c26-19-11-12-21(20(15-19)25(31)18-9-5-2-6-10-18)27-23(29)13-14-24(30)32-16-22(28)17-7-3-1-4-8-17/h1-12,15H,13-14,16H2,(H,27,29). The molecule has 0 saturated heterocycles. The highest BCUT2D eigenvalue weighted by molar-refractivity contribution is 6.31. The zero-order chi connectivity index (χ0) is 22.9. The van der Waals surface area contributed by atoms with Crippen molar-refractivity contribution in [2.75, 3.05) is 11.9 Å². The molecule has 0 aliphatic carbocycles. The van der Waals surface area contributed by atoms with Crippen molar-refractivity contribution in [2.24, 2.45) is 0 Å². The van der Waals surface area contributed by atoms with E-state index >= 15 is 0 Å². The van der Waals surface area contributed by atoms with Crippen molar-refractivity contribution in [1.82, 2.24) is 0 Å². The summed E-state index contributed by atoms with van der Waals surface area (Å²) in [6, 6.07) is 21.7. The van der Waals surface area contributed by atoms with E-state index in [2.05, 4.69) is 5.32 Å². The van der Waals surface area contributed by atoms with E-state index in [0.29, 0.717) is 21.8 Å². The van der Waals surface area contributed by atoms with Gasteiger partial charge in [-0.3, -0.25) is 19.2 Å². The van der Waals surface area contributed by atoms with Crippen LogP contribution in [0.15, 0.2) is 78.9 Å². The number of nitrogens with one attached hydrogen (secondary N) is 1. The maximum atomic E-state index is 12.8. The highest BCUT2D eigenvalue weighted by Gasteiger charge is 2.17. The average Bonchev–Trinajstić information content (AvgIpc) is 2.83. The van der Waals surface area contributed by atoms with E-state index in [4.69, 9.17) is 16.3 Å². The summed E-state index contributed by atoms with van der Waals surface area (Å²) in [7, 11) is 0. The van der Waals surface area contributed by atoms with Gasteiger partial charge in [-0.25, -0.2) is 0 Å². The number of halogens is 1. The molecule has 0 radical (unpaired) electrons. The van der Waals surface area contributed by atoms with E-state index in [9.17, 15) is 19.2 Å². The molecule has 0 spiro atoms. The zero-order valence-corrected chi connectivity index (χ0v) is 17.8. The van der Waals surface area contributed by atoms with Gasteiger partial charge in [0.2, 0.25) is 5.91 Å². The molecule has 3 aromatic carbocycles. The molecule has 0 heterocycles. The van der Waals surface area contributed by atoms with Gasteiger partial charge >= 0.3 is 5.97 Å². The Morgan fingerprint density at radius 1 is 0.781 bits per heavy atom. The van der Waals surface area contributed by atoms with Gasteiger partial charge in [-0.1, -0.05) is 72.3 Å². The Bertz CT molecular complexity index is 1130. The molecule has 0 aromatic heterocycles. The molecular formula is C25H20ClNO5. The third kappa shape index (κ3) is 6.36. The third-order valence-corrected chi connectivity index (χ3v) is 4.79. The summed E-state index contributed by atoms with van der Waals surface area (Å²) in [6.07, 6.45) is -0.372. The predicted molar refractivity (Wildman–Crippen MR) is 121 cm³/mol. The minimum Gasteiger partial charge on any atom is -0.457 e. The monoisotopic (exact) mass is 449 g/mol. The van der Waals surface area contributed by atoms with Crippen molar-refractivity contribution in [1.29, 1.82) is 0 Å². The number of ketones is 2. The lowest BCUT2D eigenvalue weighted by atomic mass is 10.0. The van der Waals surface area contributed by atoms with Gasteiger partial charge in [0.25, 0.3) is 0 Å². The van der Waals surface area contributed by atoms with Crippen LogP contribution in [-0.4, -0.2) is 30.0 Å². The lowest BCUT2D eigenvalue weighted by Gasteiger charge is -2.11. The van der Waals surface area contributed by atoms with Crippen LogP contribution in [0, 0.1) is 0 Å². The topological polar surface area (TPSA) is 89.5 Å². The van der Waals surface area contributed by atoms with Gasteiger partial charge in [0.1, 0.15) is 0 Å². The highest BCUT2D eigenvalue weighted by atomic mass is 35.5. The molecule has 6 nitrogen and oxygen atoms in total. The van der Waals surface area contributed by atoms with Crippen LogP contribution in [0.5, 0.6) is 0 Å². The second kappa shape index (κ2) is 11.0. The molecule has 0 bridgehead atoms. The van der Waals surface area contributed by atoms with E-state index in [1.165, 1.54) is 12.1 Å². The van der Waals surface area contributed by atoms with Crippen LogP contribution in [0.1, 0.15) is 39.1 Å². The van der Waals surface area contributed by atoms with Gasteiger partial charge in [0, 0.05) is 28.1 Å². The fourth-order valence-corrected chi connectivity index (χ4v) is 3.08. The first-order valence-corrected chi connectivity index (χ1v) is 10.2. The number of benzene rings is 3. The molecule has 1 amide bonds. The van der Waals surface area contributed by atoms with E-state index in [1.54, 1.807) is 66.7 Å². The van der Waals surface area contributed by atoms with Crippen molar-refractivity contribution >= 4 is 40.7 Å². The number of esters is 1. The number of amides is 1. The lowest BCUT2D eigenvalue weighted by Crippen LogP contribution is -2.18. The van der Waals surface area contributed by atoms with Crippen LogP contribution in [-0.2, 0) is 14.3 Å². The van der Waals surface area contributed by atoms with Gasteiger partial charge < -0.3 is 10.1 Å². The van der Waals surface area contributed by atoms with Crippen LogP contribution >= 0.6 is 11.6 Å². The molecule has 7 heteroatoms. The number of hydrogen-bond donors (Lipinski definition) is 1. The Kier molecular flexibility index (Phi) is 7.89. The van der Waals surface area contributed by atoms with Crippen LogP contribution in [0.3, 0.4) is 0 Å². The Morgan fingerprint density at radius 2 is 1.41 bits per heavy atom. The molecule has 3 aromatic rings. The quantitative estimate of drug-likeness (QED) is 0.377. The van der Waals surface area contributed by atoms with Gasteiger partial charge in [-0.05, 0) is 18.2 Å². The van der Waals surface area contributed by atoms with Crippen LogP contribution in [0.4, 0.5) is 5.69 Å². The van der Waals surface area contributed by atoms with Crippen LogP contribution in [0.2, 0.25) is 5.02 Å². The van der Waals surface area contributed by atoms with Crippen molar-refractivity contribution < 1.29 is 23.9 Å². The van der Waals surface area contributed by atoms with Gasteiger partial charge in [-0.2, -0.15) is 0 Å². The first-order chi connectivity index (χ1) is 15.4. The number of Topliss-reactive ketones (excluding diaryl/α,β-unsaturated/α-hetero) is 1. The SMILES string of the molecule is O=C(CCC(=O)OCC(=O)c1ccccc1)Nc1ccc(Cl)cc1C(=O)c1ccccc1. The summed E-state index contributed by atoms with van der Waals surface area (Å²) in [5.41, 5.74) is 1.43. The number of ether oxygens (including phenoxy) is 1. The largest absolute Gasteiger partial charge is 0.457 e. The summed E-state index contributed by atoms with van der Waals surface area (Å²) < 4.78 is 4.95. The summed E-state index contributed by atoms with van der Waals surface area (Å²) in [4.78, 5) is 49.0. The van der Waals surface area contributed by atoms with E-state index in [-0.39, 0.29) is 30.0 Å². The number of carbonyl (C=O) groups is 4. The fourth-order valence-electron chi connectivity index (χ4n) is 2.91. The third-order valence-electron chi connectivity index (χ3n) is 4.55. The van der Waals surface area contributed by atoms with Gasteiger partial charge in [0.05, 0.1) is 12.1 Å². The van der Waals surface area contributed by atoms with Crippen molar-refractivity contribution in [3.05, 3.63) is 101 Å². The maximum Gasteiger partial charge on any atom is 0.306 e. The number of rotatable bonds is 9. The second-order valence-corrected chi connectivity index (χ2v) is 7.32. The molecule has 0 fully saturated rings. The molecule has 1 N–H and O–H groups in total. The Labute approximate surface area is 190 Å². The van der Waals surface area contributed by atoms with Gasteiger partial charge in [0.15, 0.2) is 18.2 Å². The Morgan fingerprint density at radius 3 is 2.06 bits per heavy atom. The number of anilines is 1. The van der Waals surface area contributed by atoms with Crippen molar-refractivity contribution in [3.63, 3.8) is 0 Å². The first kappa shape index (κ1) is 22.9. The molecule has 32 heavy (non-hydrogen) atoms. The first-order valence-electron chi connectivity index (χ1n) is 9.87. The lowest BCUT2D eigenvalue weighted by molar-refractivity contribution is -0.143. The maximum absolute atomic E-state index is 12.8. The molecule has 0 aliphatic rings. The normalized spacial score (nSPS) is 10.3. The smallest absolute Gasteiger partial charge is 0.306 e. The minimum atomic E-state index is -0.666. The number of carbonyl (C=O) groups excluding carboxylic acids is 4. The summed E-state index contributed by atoms with van der Waals surface area (Å²) in [5.74, 6) is -1.75. The predicted octanol–water partition coefficient (Wildman–Crippen LogP) is 4.72. The van der Waals surface area contributed by atoms with E-state index in [0.717, 1.165) is 0 Å². The Balaban J connectivity index is 1.55. The second-order valence-electron chi connectivity index (χ2n) is 6.88. The average molecular weight is 450 g/mol. The van der Waals surface area contributed by atoms with E-state index < -0.39 is 18.5 Å². The zero-order valence-electron chi connectivity index (χ0n) is 17.0. The number of hydrogen-bond acceptors (Lipinski definition) is 5. The summed E-state index contributed by atoms with van der Waals surface area (Å²) in [5, 5.41) is 3.00. The highest BCUT2D eigenvalue weighted by Crippen LogP contribution is 2.24. The molecular weight excluding hydrogens is 430 g/mol. The summed E-state index contributed by atoms with van der Waals surface area (Å²) in [6.45, 7) is -0.391. The molecule has 3 rings (SSSR count). The summed E-state index contributed by atoms with van der Waals surface area (Å²) >= 11 is 6.04. The van der Waals surface area contributed by atoms with E-state index in [1.807, 2.05) is 0 Å². The fraction of sp³-hybridized carbons (Fsp3) is 0.120. The van der Waals surface area contributed by atoms with Crippen LogP contribution < -0.4 is 5.32 Å². The van der Waals surface area contributed by atoms with Crippen LogP contribution in [0.25, 0.3) is 0 Å². The molecule has 0 unspecified atom stereocenters. The molecule has 0 saturated carbocycles.